The van der Waals surface area contributed by atoms with Crippen molar-refractivity contribution in [1.29, 1.82) is 0 Å². The van der Waals surface area contributed by atoms with Crippen molar-refractivity contribution in [3.8, 4) is 22.7 Å². The number of hydrogen-bond acceptors (Lipinski definition) is 2. The average molecular weight is 462 g/mol. The summed E-state index contributed by atoms with van der Waals surface area (Å²) in [5.74, 6) is -2.14. The molecule has 0 fully saturated rings. The lowest BCUT2D eigenvalue weighted by Gasteiger charge is -2.13. The number of rotatable bonds is 3. The fraction of sp³-hybridized carbons (Fsp3) is 0.0625. The third kappa shape index (κ3) is 2.84. The lowest BCUT2D eigenvalue weighted by atomic mass is 10.1. The third-order valence-corrected chi connectivity index (χ3v) is 4.48. The molecular formula is C16H9Br2F3N2O. The molecule has 0 spiro atoms. The number of methoxy groups -OCH3 is 1. The lowest BCUT2D eigenvalue weighted by molar-refractivity contribution is 0.385. The molecule has 0 atom stereocenters. The molecule has 0 bridgehead atoms. The van der Waals surface area contributed by atoms with E-state index in [-0.39, 0.29) is 21.6 Å². The maximum Gasteiger partial charge on any atom is 0.183 e. The first-order chi connectivity index (χ1) is 11.4. The number of imidazole rings is 1. The van der Waals surface area contributed by atoms with Gasteiger partial charge in [-0.25, -0.2) is 18.2 Å². The van der Waals surface area contributed by atoms with E-state index in [1.807, 2.05) is 0 Å². The summed E-state index contributed by atoms with van der Waals surface area (Å²) < 4.78 is 49.1. The molecule has 0 unspecified atom stereocenters. The Morgan fingerprint density at radius 1 is 1.00 bits per heavy atom. The molecule has 8 heteroatoms. The van der Waals surface area contributed by atoms with Crippen LogP contribution in [0.15, 0.2) is 45.7 Å². The van der Waals surface area contributed by atoms with Crippen LogP contribution < -0.4 is 4.74 Å². The van der Waals surface area contributed by atoms with Crippen molar-refractivity contribution in [2.75, 3.05) is 7.11 Å². The van der Waals surface area contributed by atoms with Gasteiger partial charge in [0.2, 0.25) is 0 Å². The van der Waals surface area contributed by atoms with E-state index >= 15 is 0 Å². The summed E-state index contributed by atoms with van der Waals surface area (Å²) in [5.41, 5.74) is 0.323. The Kier molecular flexibility index (Phi) is 4.69. The Morgan fingerprint density at radius 2 is 1.67 bits per heavy atom. The molecule has 0 aliphatic carbocycles. The molecule has 1 heterocycles. The first kappa shape index (κ1) is 17.0. The zero-order valence-electron chi connectivity index (χ0n) is 12.2. The second-order valence-corrected chi connectivity index (χ2v) is 6.23. The molecule has 3 rings (SSSR count). The topological polar surface area (TPSA) is 27.1 Å². The van der Waals surface area contributed by atoms with Gasteiger partial charge in [0.1, 0.15) is 16.2 Å². The SMILES string of the molecule is COc1ccc(F)c(-c2c(Br)nc(Br)n2-c2ccc(F)cc2)c1F. The zero-order valence-corrected chi connectivity index (χ0v) is 15.3. The van der Waals surface area contributed by atoms with Gasteiger partial charge in [-0.15, -0.1) is 0 Å². The van der Waals surface area contributed by atoms with Gasteiger partial charge in [-0.1, -0.05) is 0 Å². The van der Waals surface area contributed by atoms with Gasteiger partial charge < -0.3 is 4.74 Å². The molecule has 1 aromatic heterocycles. The highest BCUT2D eigenvalue weighted by Crippen LogP contribution is 2.39. The van der Waals surface area contributed by atoms with Gasteiger partial charge >= 0.3 is 0 Å². The maximum absolute atomic E-state index is 14.7. The van der Waals surface area contributed by atoms with Crippen LogP contribution in [0.4, 0.5) is 13.2 Å². The number of hydrogen-bond donors (Lipinski definition) is 0. The molecule has 124 valence electrons. The van der Waals surface area contributed by atoms with Gasteiger partial charge in [-0.3, -0.25) is 4.57 Å². The fourth-order valence-corrected chi connectivity index (χ4v) is 3.66. The van der Waals surface area contributed by atoms with Gasteiger partial charge in [0.15, 0.2) is 16.3 Å². The van der Waals surface area contributed by atoms with Crippen molar-refractivity contribution in [3.63, 3.8) is 0 Å². The molecule has 0 saturated heterocycles. The minimum atomic E-state index is -0.853. The van der Waals surface area contributed by atoms with Crippen molar-refractivity contribution in [2.45, 2.75) is 0 Å². The van der Waals surface area contributed by atoms with Crippen LogP contribution in [0.1, 0.15) is 0 Å². The van der Waals surface area contributed by atoms with E-state index in [1.54, 1.807) is 0 Å². The molecule has 0 N–H and O–H groups in total. The monoisotopic (exact) mass is 460 g/mol. The van der Waals surface area contributed by atoms with Gasteiger partial charge in [0, 0.05) is 5.69 Å². The van der Waals surface area contributed by atoms with Crippen molar-refractivity contribution in [2.24, 2.45) is 0 Å². The van der Waals surface area contributed by atoms with Gasteiger partial charge in [-0.05, 0) is 68.3 Å². The van der Waals surface area contributed by atoms with E-state index in [4.69, 9.17) is 4.74 Å². The molecule has 0 amide bonds. The van der Waals surface area contributed by atoms with E-state index in [2.05, 4.69) is 36.8 Å². The summed E-state index contributed by atoms with van der Waals surface area (Å²) in [6.07, 6.45) is 0. The van der Waals surface area contributed by atoms with Crippen LogP contribution in [-0.2, 0) is 0 Å². The normalized spacial score (nSPS) is 10.9. The second kappa shape index (κ2) is 6.60. The first-order valence-corrected chi connectivity index (χ1v) is 8.24. The second-order valence-electron chi connectivity index (χ2n) is 4.77. The Morgan fingerprint density at radius 3 is 2.29 bits per heavy atom. The largest absolute Gasteiger partial charge is 0.494 e. The quantitative estimate of drug-likeness (QED) is 0.515. The standard InChI is InChI=1S/C16H9Br2F3N2O/c1-24-11-7-6-10(20)12(13(11)21)14-15(17)22-16(18)23(14)9-4-2-8(19)3-5-9/h2-7H,1H3. The van der Waals surface area contributed by atoms with Crippen LogP contribution >= 0.6 is 31.9 Å². The van der Waals surface area contributed by atoms with Gasteiger partial charge in [-0.2, -0.15) is 0 Å². The van der Waals surface area contributed by atoms with Crippen LogP contribution in [-0.4, -0.2) is 16.7 Å². The van der Waals surface area contributed by atoms with Gasteiger partial charge in [0.25, 0.3) is 0 Å². The molecule has 0 radical (unpaired) electrons. The minimum Gasteiger partial charge on any atom is -0.494 e. The number of aromatic nitrogens is 2. The van der Waals surface area contributed by atoms with Crippen LogP contribution in [0.3, 0.4) is 0 Å². The van der Waals surface area contributed by atoms with Crippen LogP contribution in [0.2, 0.25) is 0 Å². The predicted octanol–water partition coefficient (Wildman–Crippen LogP) is 5.49. The summed E-state index contributed by atoms with van der Waals surface area (Å²) in [4.78, 5) is 4.15. The van der Waals surface area contributed by atoms with Crippen LogP contribution in [0, 0.1) is 17.5 Å². The van der Waals surface area contributed by atoms with E-state index in [9.17, 15) is 13.2 Å². The number of nitrogens with zero attached hydrogens (tertiary/aromatic N) is 2. The minimum absolute atomic E-state index is 0.0960. The molecule has 0 aliphatic heterocycles. The highest BCUT2D eigenvalue weighted by Gasteiger charge is 2.25. The fourth-order valence-electron chi connectivity index (χ4n) is 2.32. The average Bonchev–Trinajstić information content (AvgIpc) is 2.83. The summed E-state index contributed by atoms with van der Waals surface area (Å²) in [6, 6.07) is 7.77. The zero-order chi connectivity index (χ0) is 17.4. The van der Waals surface area contributed by atoms with Crippen molar-refractivity contribution < 1.29 is 17.9 Å². The lowest BCUT2D eigenvalue weighted by Crippen LogP contribution is -2.02. The summed E-state index contributed by atoms with van der Waals surface area (Å²) in [7, 11) is 1.29. The molecule has 24 heavy (non-hydrogen) atoms. The van der Waals surface area contributed by atoms with Crippen molar-refractivity contribution in [1.82, 2.24) is 9.55 Å². The molecule has 2 aromatic carbocycles. The highest BCUT2D eigenvalue weighted by atomic mass is 79.9. The van der Waals surface area contributed by atoms with Crippen molar-refractivity contribution >= 4 is 31.9 Å². The number of benzene rings is 2. The Labute approximate surface area is 152 Å². The number of ether oxygens (including phenoxy) is 1. The molecule has 3 aromatic rings. The predicted molar refractivity (Wildman–Crippen MR) is 90.8 cm³/mol. The Balaban J connectivity index is 2.33. The van der Waals surface area contributed by atoms with E-state index < -0.39 is 17.5 Å². The summed E-state index contributed by atoms with van der Waals surface area (Å²) in [5, 5.41) is 0. The molecule has 3 nitrogen and oxygen atoms in total. The third-order valence-electron chi connectivity index (χ3n) is 3.39. The molecular weight excluding hydrogens is 453 g/mol. The van der Waals surface area contributed by atoms with Crippen LogP contribution in [0.5, 0.6) is 5.75 Å². The maximum atomic E-state index is 14.7. The first-order valence-electron chi connectivity index (χ1n) is 6.66. The van der Waals surface area contributed by atoms with Crippen molar-refractivity contribution in [3.05, 3.63) is 63.2 Å². The number of halogens is 5. The smallest absolute Gasteiger partial charge is 0.183 e. The molecule has 0 aliphatic rings. The van der Waals surface area contributed by atoms with Gasteiger partial charge in [0.05, 0.1) is 18.4 Å². The Bertz CT molecular complexity index is 911. The summed E-state index contributed by atoms with van der Waals surface area (Å²) in [6.45, 7) is 0. The van der Waals surface area contributed by atoms with E-state index in [1.165, 1.54) is 42.0 Å². The van der Waals surface area contributed by atoms with Crippen LogP contribution in [0.25, 0.3) is 16.9 Å². The highest BCUT2D eigenvalue weighted by molar-refractivity contribution is 9.11. The Hall–Kier alpha value is -1.80. The van der Waals surface area contributed by atoms with E-state index in [0.29, 0.717) is 10.4 Å². The summed E-state index contributed by atoms with van der Waals surface area (Å²) >= 11 is 6.48. The van der Waals surface area contributed by atoms with E-state index in [0.717, 1.165) is 6.07 Å². The molecule has 0 saturated carbocycles.